The zero-order valence-corrected chi connectivity index (χ0v) is 19.7. The fraction of sp³-hybridized carbons (Fsp3) is 0.200. The summed E-state index contributed by atoms with van der Waals surface area (Å²) in [6.45, 7) is 8.44. The van der Waals surface area contributed by atoms with Gasteiger partial charge < -0.3 is 13.9 Å². The molecule has 0 fully saturated rings. The Labute approximate surface area is 198 Å². The molecule has 0 N–H and O–H groups in total. The SMILES string of the molecule is C=CCOC(=O)C1=C(C)N=c2s/c(=C/c3ccc(C)o3)c(=O)n2[C@H]1c1ccc(OC(C)=O)cc1. The number of hydrogen-bond acceptors (Lipinski definition) is 8. The number of rotatable bonds is 6. The number of fused-ring (bicyclic) bond motifs is 1. The summed E-state index contributed by atoms with van der Waals surface area (Å²) < 4.78 is 17.9. The molecule has 0 radical (unpaired) electrons. The first kappa shape index (κ1) is 23.2. The first-order valence-corrected chi connectivity index (χ1v) is 11.3. The van der Waals surface area contributed by atoms with Gasteiger partial charge in [0.2, 0.25) is 0 Å². The fourth-order valence-electron chi connectivity index (χ4n) is 3.65. The molecule has 1 aromatic carbocycles. The van der Waals surface area contributed by atoms with Crippen LogP contribution in [0.25, 0.3) is 6.08 Å². The van der Waals surface area contributed by atoms with Crippen LogP contribution in [-0.4, -0.2) is 23.1 Å². The van der Waals surface area contributed by atoms with E-state index in [-0.39, 0.29) is 17.7 Å². The second-order valence-corrected chi connectivity index (χ2v) is 8.59. The molecule has 174 valence electrons. The molecule has 9 heteroatoms. The van der Waals surface area contributed by atoms with E-state index in [2.05, 4.69) is 11.6 Å². The Morgan fingerprint density at radius 3 is 2.56 bits per heavy atom. The summed E-state index contributed by atoms with van der Waals surface area (Å²) in [5.41, 5.74) is 1.02. The number of nitrogens with zero attached hydrogens (tertiary/aromatic N) is 2. The van der Waals surface area contributed by atoms with Crippen molar-refractivity contribution in [1.82, 2.24) is 4.57 Å². The molecule has 3 heterocycles. The van der Waals surface area contributed by atoms with Crippen LogP contribution in [0.5, 0.6) is 5.75 Å². The second kappa shape index (κ2) is 9.48. The number of thiazole rings is 1. The number of hydrogen-bond donors (Lipinski definition) is 0. The number of allylic oxidation sites excluding steroid dienone is 1. The Hall–Kier alpha value is -3.98. The van der Waals surface area contributed by atoms with E-state index in [0.29, 0.717) is 32.1 Å². The van der Waals surface area contributed by atoms with Crippen molar-refractivity contribution < 1.29 is 23.5 Å². The van der Waals surface area contributed by atoms with Gasteiger partial charge in [-0.3, -0.25) is 14.2 Å². The highest BCUT2D eigenvalue weighted by atomic mass is 32.1. The minimum atomic E-state index is -0.777. The summed E-state index contributed by atoms with van der Waals surface area (Å²) in [5.74, 6) is 0.595. The maximum Gasteiger partial charge on any atom is 0.338 e. The van der Waals surface area contributed by atoms with E-state index >= 15 is 0 Å². The average Bonchev–Trinajstić information content (AvgIpc) is 3.33. The number of ether oxygens (including phenoxy) is 2. The van der Waals surface area contributed by atoms with Crippen LogP contribution in [0, 0.1) is 6.92 Å². The highest BCUT2D eigenvalue weighted by molar-refractivity contribution is 7.07. The standard InChI is InChI=1S/C25H22N2O6S/c1-5-12-31-24(30)21-15(3)26-25-27(22(21)17-7-10-18(11-8-17)33-16(4)28)23(29)20(34-25)13-19-9-6-14(2)32-19/h5-11,13,22H,1,12H2,2-4H3/b20-13+/t22-/m0/s1. The molecule has 0 aliphatic carbocycles. The smallest absolute Gasteiger partial charge is 0.338 e. The first-order valence-electron chi connectivity index (χ1n) is 10.4. The summed E-state index contributed by atoms with van der Waals surface area (Å²) in [7, 11) is 0. The molecule has 2 aromatic heterocycles. The molecule has 0 spiro atoms. The lowest BCUT2D eigenvalue weighted by atomic mass is 9.96. The number of furan rings is 1. The van der Waals surface area contributed by atoms with Crippen molar-refractivity contribution in [2.45, 2.75) is 26.8 Å². The van der Waals surface area contributed by atoms with Gasteiger partial charge in [-0.05, 0) is 43.7 Å². The lowest BCUT2D eigenvalue weighted by Gasteiger charge is -2.24. The Bertz CT molecular complexity index is 1490. The molecule has 4 rings (SSSR count). The molecule has 0 bridgehead atoms. The molecule has 8 nitrogen and oxygen atoms in total. The maximum absolute atomic E-state index is 13.5. The molecule has 1 atom stereocenters. The van der Waals surface area contributed by atoms with Gasteiger partial charge >= 0.3 is 11.9 Å². The van der Waals surface area contributed by atoms with Gasteiger partial charge in [0.15, 0.2) is 4.80 Å². The molecule has 1 aliphatic rings. The van der Waals surface area contributed by atoms with Gasteiger partial charge in [-0.1, -0.05) is 36.1 Å². The van der Waals surface area contributed by atoms with Crippen LogP contribution in [0.15, 0.2) is 74.5 Å². The van der Waals surface area contributed by atoms with Crippen LogP contribution in [0.2, 0.25) is 0 Å². The van der Waals surface area contributed by atoms with Gasteiger partial charge in [0, 0.05) is 13.0 Å². The summed E-state index contributed by atoms with van der Waals surface area (Å²) >= 11 is 1.21. The highest BCUT2D eigenvalue weighted by Gasteiger charge is 2.33. The van der Waals surface area contributed by atoms with Crippen molar-refractivity contribution in [1.29, 1.82) is 0 Å². The molecule has 0 saturated carbocycles. The van der Waals surface area contributed by atoms with Gasteiger partial charge in [0.25, 0.3) is 5.56 Å². The predicted molar refractivity (Wildman–Crippen MR) is 126 cm³/mol. The molecule has 0 amide bonds. The minimum Gasteiger partial charge on any atom is -0.462 e. The topological polar surface area (TPSA) is 100 Å². The van der Waals surface area contributed by atoms with E-state index in [9.17, 15) is 14.4 Å². The van der Waals surface area contributed by atoms with Gasteiger partial charge in [-0.15, -0.1) is 0 Å². The number of aryl methyl sites for hydroxylation is 1. The van der Waals surface area contributed by atoms with E-state index < -0.39 is 18.0 Å². The fourth-order valence-corrected chi connectivity index (χ4v) is 4.68. The molecule has 0 saturated heterocycles. The third-order valence-electron chi connectivity index (χ3n) is 5.07. The van der Waals surface area contributed by atoms with E-state index in [0.717, 1.165) is 5.76 Å². The molecular weight excluding hydrogens is 456 g/mol. The summed E-state index contributed by atoms with van der Waals surface area (Å²) in [5, 5.41) is 0. The lowest BCUT2D eigenvalue weighted by Crippen LogP contribution is -2.39. The molecule has 1 aliphatic heterocycles. The van der Waals surface area contributed by atoms with Crippen molar-refractivity contribution in [2.75, 3.05) is 6.61 Å². The Morgan fingerprint density at radius 2 is 1.94 bits per heavy atom. The maximum atomic E-state index is 13.5. The van der Waals surface area contributed by atoms with Gasteiger partial charge in [-0.25, -0.2) is 9.79 Å². The van der Waals surface area contributed by atoms with E-state index in [1.807, 2.05) is 13.0 Å². The van der Waals surface area contributed by atoms with Crippen LogP contribution in [0.4, 0.5) is 0 Å². The molecule has 0 unspecified atom stereocenters. The van der Waals surface area contributed by atoms with Crippen LogP contribution >= 0.6 is 11.3 Å². The highest BCUT2D eigenvalue weighted by Crippen LogP contribution is 2.31. The number of benzene rings is 1. The van der Waals surface area contributed by atoms with Crippen molar-refractivity contribution in [3.63, 3.8) is 0 Å². The number of carbonyl (C=O) groups excluding carboxylic acids is 2. The molecular formula is C25H22N2O6S. The Kier molecular flexibility index (Phi) is 6.47. The van der Waals surface area contributed by atoms with E-state index in [4.69, 9.17) is 13.9 Å². The van der Waals surface area contributed by atoms with Crippen molar-refractivity contribution in [2.24, 2.45) is 4.99 Å². The largest absolute Gasteiger partial charge is 0.462 e. The quantitative estimate of drug-likeness (QED) is 0.307. The van der Waals surface area contributed by atoms with E-state index in [1.54, 1.807) is 43.3 Å². The van der Waals surface area contributed by atoms with Crippen molar-refractivity contribution in [3.05, 3.63) is 97.1 Å². The summed E-state index contributed by atoms with van der Waals surface area (Å²) in [4.78, 5) is 42.7. The third-order valence-corrected chi connectivity index (χ3v) is 6.05. The first-order chi connectivity index (χ1) is 16.3. The van der Waals surface area contributed by atoms with Crippen LogP contribution < -0.4 is 19.6 Å². The zero-order valence-electron chi connectivity index (χ0n) is 18.9. The van der Waals surface area contributed by atoms with Gasteiger partial charge in [0.1, 0.15) is 23.9 Å². The number of esters is 2. The van der Waals surface area contributed by atoms with Crippen LogP contribution in [0.1, 0.15) is 37.0 Å². The van der Waals surface area contributed by atoms with E-state index in [1.165, 1.54) is 28.9 Å². The summed E-state index contributed by atoms with van der Waals surface area (Å²) in [6, 6.07) is 9.45. The normalized spacial score (nSPS) is 15.5. The Morgan fingerprint density at radius 1 is 1.21 bits per heavy atom. The average molecular weight is 479 g/mol. The molecule has 34 heavy (non-hydrogen) atoms. The minimum absolute atomic E-state index is 0.0238. The number of aromatic nitrogens is 1. The van der Waals surface area contributed by atoms with Gasteiger partial charge in [-0.2, -0.15) is 0 Å². The van der Waals surface area contributed by atoms with Gasteiger partial charge in [0.05, 0.1) is 21.8 Å². The number of carbonyl (C=O) groups is 2. The molecule has 3 aromatic rings. The third kappa shape index (κ3) is 4.55. The zero-order chi connectivity index (χ0) is 24.4. The van der Waals surface area contributed by atoms with Crippen LogP contribution in [0.3, 0.4) is 0 Å². The second-order valence-electron chi connectivity index (χ2n) is 7.58. The van der Waals surface area contributed by atoms with Crippen molar-refractivity contribution in [3.8, 4) is 5.75 Å². The van der Waals surface area contributed by atoms with Crippen molar-refractivity contribution >= 4 is 29.4 Å². The lowest BCUT2D eigenvalue weighted by molar-refractivity contribution is -0.138. The Balaban J connectivity index is 1.89. The van der Waals surface area contributed by atoms with Crippen LogP contribution in [-0.2, 0) is 14.3 Å². The monoisotopic (exact) mass is 478 g/mol. The predicted octanol–water partition coefficient (Wildman–Crippen LogP) is 2.79. The summed E-state index contributed by atoms with van der Waals surface area (Å²) in [6.07, 6.45) is 3.13.